The second-order valence-corrected chi connectivity index (χ2v) is 5.29. The minimum atomic E-state index is -0.415. The van der Waals surface area contributed by atoms with Crippen LogP contribution in [0.2, 0.25) is 0 Å². The third-order valence-corrected chi connectivity index (χ3v) is 2.32. The van der Waals surface area contributed by atoms with E-state index in [-0.39, 0.29) is 5.41 Å². The summed E-state index contributed by atoms with van der Waals surface area (Å²) in [7, 11) is 1.62. The van der Waals surface area contributed by atoms with Crippen molar-refractivity contribution in [2.45, 2.75) is 20.8 Å². The number of carbonyl (C=O) groups is 1. The lowest BCUT2D eigenvalue weighted by Crippen LogP contribution is -2.29. The molecule has 1 amide bonds. The van der Waals surface area contributed by atoms with Crippen LogP contribution in [-0.2, 0) is 4.74 Å². The summed E-state index contributed by atoms with van der Waals surface area (Å²) in [6, 6.07) is 1.74. The number of hydrogen-bond acceptors (Lipinski definition) is 3. The molecule has 1 aromatic rings. The zero-order chi connectivity index (χ0) is 12.3. The van der Waals surface area contributed by atoms with E-state index in [2.05, 4.69) is 0 Å². The Morgan fingerprint density at radius 3 is 2.80 bits per heavy atom. The number of hydrogen-bond donors (Lipinski definition) is 0. The van der Waals surface area contributed by atoms with E-state index in [4.69, 9.17) is 6.11 Å². The van der Waals surface area contributed by atoms with Crippen molar-refractivity contribution in [3.63, 3.8) is 0 Å². The fourth-order valence-electron chi connectivity index (χ4n) is 0.881. The molecule has 0 aliphatic carbocycles. The third-order valence-electron chi connectivity index (χ3n) is 1.72. The van der Waals surface area contributed by atoms with Crippen LogP contribution in [0.1, 0.15) is 22.1 Å². The largest absolute Gasteiger partial charge is 0.449 e. The molecule has 15 heavy (non-hydrogen) atoms. The van der Waals surface area contributed by atoms with E-state index >= 15 is 0 Å². The summed E-state index contributed by atoms with van der Waals surface area (Å²) in [5, 5.41) is 2.15. The molecule has 0 radical (unpaired) electrons. The highest BCUT2D eigenvalue weighted by Gasteiger charge is 2.17. The molecule has 3 nitrogen and oxygen atoms in total. The number of carbonyl (C=O) groups excluding carboxylic acids is 1. The Morgan fingerprint density at radius 2 is 2.33 bits per heavy atom. The molecule has 0 saturated heterocycles. The van der Waals surface area contributed by atoms with Crippen molar-refractivity contribution in [1.82, 2.24) is 0 Å². The Bertz CT molecular complexity index is 370. The van der Waals surface area contributed by atoms with Crippen molar-refractivity contribution in [1.29, 1.82) is 0 Å². The molecule has 0 N–H and O–H groups in total. The number of nitrogens with zero attached hydrogens (tertiary/aromatic N) is 1. The molecule has 0 aromatic carbocycles. The fourth-order valence-corrected chi connectivity index (χ4v) is 1.47. The first kappa shape index (κ1) is 10.5. The summed E-state index contributed by atoms with van der Waals surface area (Å²) in [6.45, 7) is 6.37. The molecule has 0 fully saturated rings. The Morgan fingerprint density at radius 1 is 1.67 bits per heavy atom. The van der Waals surface area contributed by atoms with Gasteiger partial charge in [0.15, 0.2) is 0 Å². The number of ether oxygens (including phenoxy) is 1. The quantitative estimate of drug-likeness (QED) is 0.776. The van der Waals surface area contributed by atoms with E-state index < -0.39 is 6.09 Å². The molecule has 0 unspecified atom stereocenters. The van der Waals surface area contributed by atoms with Crippen LogP contribution in [0, 0.1) is 5.41 Å². The molecule has 0 bridgehead atoms. The van der Waals surface area contributed by atoms with Crippen LogP contribution >= 0.6 is 11.3 Å². The predicted molar refractivity (Wildman–Crippen MR) is 63.5 cm³/mol. The second kappa shape index (κ2) is 4.66. The Kier molecular flexibility index (Phi) is 3.26. The van der Waals surface area contributed by atoms with Gasteiger partial charge in [-0.2, -0.15) is 11.3 Å². The highest BCUT2D eigenvalue weighted by atomic mass is 32.1. The summed E-state index contributed by atoms with van der Waals surface area (Å²) in [5.74, 6) is 0. The van der Waals surface area contributed by atoms with Crippen molar-refractivity contribution >= 4 is 23.1 Å². The summed E-state index contributed by atoms with van der Waals surface area (Å²) in [5.41, 5.74) is 0.540. The van der Waals surface area contributed by atoms with E-state index in [1.54, 1.807) is 18.5 Å². The first-order valence-corrected chi connectivity index (χ1v) is 5.64. The summed E-state index contributed by atoms with van der Waals surface area (Å²) >= 11 is 1.29. The highest BCUT2D eigenvalue weighted by Crippen LogP contribution is 2.18. The van der Waals surface area contributed by atoms with Crippen molar-refractivity contribution in [3.8, 4) is 0 Å². The summed E-state index contributed by atoms with van der Waals surface area (Å²) in [6.07, 6.45) is -0.415. The Labute approximate surface area is 96.1 Å². The summed E-state index contributed by atoms with van der Waals surface area (Å²) < 4.78 is 12.8. The van der Waals surface area contributed by atoms with Gasteiger partial charge in [0.05, 0.1) is 13.7 Å². The van der Waals surface area contributed by atoms with Crippen LogP contribution < -0.4 is 4.90 Å². The lowest BCUT2D eigenvalue weighted by molar-refractivity contribution is 0.113. The molecule has 0 aliphatic rings. The van der Waals surface area contributed by atoms with Crippen LogP contribution in [0.15, 0.2) is 16.8 Å². The molecule has 0 atom stereocenters. The van der Waals surface area contributed by atoms with Crippen LogP contribution in [0.25, 0.3) is 0 Å². The number of amides is 1. The zero-order valence-corrected chi connectivity index (χ0v) is 10.4. The van der Waals surface area contributed by atoms with Gasteiger partial charge in [-0.1, -0.05) is 20.8 Å². The van der Waals surface area contributed by atoms with Gasteiger partial charge in [0, 0.05) is 12.4 Å². The Hall–Kier alpha value is -1.03. The number of rotatable bonds is 2. The molecule has 1 heterocycles. The first-order valence-electron chi connectivity index (χ1n) is 5.26. The molecule has 84 valence electrons. The van der Waals surface area contributed by atoms with Gasteiger partial charge in [-0.3, -0.25) is 4.90 Å². The first-order chi connectivity index (χ1) is 7.31. The number of anilines is 1. The van der Waals surface area contributed by atoms with Crippen molar-refractivity contribution in [2.75, 3.05) is 18.6 Å². The predicted octanol–water partition coefficient (Wildman–Crippen LogP) is 3.37. The maximum atomic E-state index is 11.7. The van der Waals surface area contributed by atoms with Gasteiger partial charge >= 0.3 is 6.09 Å². The maximum absolute atomic E-state index is 11.7. The van der Waals surface area contributed by atoms with Gasteiger partial charge in [-0.15, -0.1) is 0 Å². The van der Waals surface area contributed by atoms with Crippen LogP contribution in [-0.4, -0.2) is 19.7 Å². The second-order valence-electron chi connectivity index (χ2n) is 4.58. The molecule has 1 aromatic heterocycles. The SMILES string of the molecule is [2H]c1sccc1N(C)C(=O)OCC(C)(C)C. The normalized spacial score (nSPS) is 12.1. The number of thiophene rings is 1. The topological polar surface area (TPSA) is 29.5 Å². The lowest BCUT2D eigenvalue weighted by atomic mass is 9.99. The molecule has 0 saturated carbocycles. The highest BCUT2D eigenvalue weighted by molar-refractivity contribution is 7.08. The summed E-state index contributed by atoms with van der Waals surface area (Å²) in [4.78, 5) is 13.0. The standard InChI is InChI=1S/C11H17NO2S/c1-11(2,3)8-14-10(13)12(4)9-5-6-15-7-9/h5-7H,8H2,1-4H3/i7D. The zero-order valence-electron chi connectivity index (χ0n) is 10.5. The van der Waals surface area contributed by atoms with Gasteiger partial charge in [-0.05, 0) is 16.9 Å². The minimum Gasteiger partial charge on any atom is -0.449 e. The maximum Gasteiger partial charge on any atom is 0.414 e. The smallest absolute Gasteiger partial charge is 0.414 e. The molecular formula is C11H17NO2S. The molecule has 4 heteroatoms. The molecule has 0 spiro atoms. The average molecular weight is 228 g/mol. The van der Waals surface area contributed by atoms with Gasteiger partial charge in [-0.25, -0.2) is 4.79 Å². The molecule has 1 rings (SSSR count). The van der Waals surface area contributed by atoms with Gasteiger partial charge in [0.2, 0.25) is 0 Å². The van der Waals surface area contributed by atoms with Crippen molar-refractivity contribution < 1.29 is 10.9 Å². The molecular weight excluding hydrogens is 210 g/mol. The van der Waals surface area contributed by atoms with Gasteiger partial charge in [0.25, 0.3) is 0 Å². The minimum absolute atomic E-state index is 0.0467. The van der Waals surface area contributed by atoms with E-state index in [1.807, 2.05) is 20.8 Å². The van der Waals surface area contributed by atoms with E-state index in [0.717, 1.165) is 0 Å². The van der Waals surface area contributed by atoms with E-state index in [9.17, 15) is 4.79 Å². The van der Waals surface area contributed by atoms with E-state index in [0.29, 0.717) is 17.7 Å². The third kappa shape index (κ3) is 3.91. The lowest BCUT2D eigenvalue weighted by Gasteiger charge is -2.21. The average Bonchev–Trinajstić information content (AvgIpc) is 2.58. The van der Waals surface area contributed by atoms with Gasteiger partial charge < -0.3 is 4.74 Å². The fraction of sp³-hybridized carbons (Fsp3) is 0.545. The van der Waals surface area contributed by atoms with Gasteiger partial charge in [0.1, 0.15) is 0 Å². The van der Waals surface area contributed by atoms with Crippen LogP contribution in [0.3, 0.4) is 0 Å². The van der Waals surface area contributed by atoms with Crippen LogP contribution in [0.4, 0.5) is 10.5 Å². The molecule has 0 aliphatic heterocycles. The van der Waals surface area contributed by atoms with Crippen LogP contribution in [0.5, 0.6) is 0 Å². The van der Waals surface area contributed by atoms with Crippen molar-refractivity contribution in [2.24, 2.45) is 5.41 Å². The Balaban J connectivity index is 2.59. The monoisotopic (exact) mass is 228 g/mol. The van der Waals surface area contributed by atoms with Crippen molar-refractivity contribution in [3.05, 3.63) is 16.8 Å². The van der Waals surface area contributed by atoms with E-state index in [1.165, 1.54) is 16.2 Å².